The summed E-state index contributed by atoms with van der Waals surface area (Å²) in [5, 5.41) is 7.51. The maximum absolute atomic E-state index is 12.0. The lowest BCUT2D eigenvalue weighted by atomic mass is 9.92. The molecule has 1 aromatic carbocycles. The fourth-order valence-corrected chi connectivity index (χ4v) is 2.60. The van der Waals surface area contributed by atoms with E-state index in [0.29, 0.717) is 24.1 Å². The Kier molecular flexibility index (Phi) is 2.85. The van der Waals surface area contributed by atoms with Crippen LogP contribution in [-0.4, -0.2) is 27.9 Å². The zero-order chi connectivity index (χ0) is 14.3. The standard InChI is InChI=1S/C14H13N3O3/c1-17-11-4-2-8(7-18)6-10(11)13(16-17)9-3-5-12(19)15-14(9)20/h2,4,6-7,9H,3,5H2,1H3,(H,15,19,20). The molecule has 1 N–H and O–H groups in total. The third-order valence-corrected chi connectivity index (χ3v) is 3.61. The second-order valence-corrected chi connectivity index (χ2v) is 4.91. The highest BCUT2D eigenvalue weighted by Gasteiger charge is 2.31. The number of piperidine rings is 1. The average molecular weight is 271 g/mol. The number of fused-ring (bicyclic) bond motifs is 1. The van der Waals surface area contributed by atoms with Crippen molar-refractivity contribution in [2.75, 3.05) is 0 Å². The van der Waals surface area contributed by atoms with Crippen LogP contribution in [-0.2, 0) is 16.6 Å². The first-order valence-electron chi connectivity index (χ1n) is 6.35. The van der Waals surface area contributed by atoms with Gasteiger partial charge >= 0.3 is 0 Å². The summed E-state index contributed by atoms with van der Waals surface area (Å²) in [6.45, 7) is 0. The molecule has 0 aliphatic carbocycles. The van der Waals surface area contributed by atoms with Crippen molar-refractivity contribution in [2.24, 2.45) is 7.05 Å². The molecule has 6 heteroatoms. The molecular formula is C14H13N3O3. The van der Waals surface area contributed by atoms with Crippen LogP contribution >= 0.6 is 0 Å². The second-order valence-electron chi connectivity index (χ2n) is 4.91. The number of carbonyl (C=O) groups is 3. The van der Waals surface area contributed by atoms with Crippen molar-refractivity contribution in [3.8, 4) is 0 Å². The molecule has 2 heterocycles. The minimum atomic E-state index is -0.446. The van der Waals surface area contributed by atoms with Crippen LogP contribution in [0.5, 0.6) is 0 Å². The van der Waals surface area contributed by atoms with Crippen molar-refractivity contribution in [3.63, 3.8) is 0 Å². The summed E-state index contributed by atoms with van der Waals surface area (Å²) < 4.78 is 1.68. The Labute approximate surface area is 114 Å². The summed E-state index contributed by atoms with van der Waals surface area (Å²) in [4.78, 5) is 34.1. The van der Waals surface area contributed by atoms with Gasteiger partial charge in [-0.2, -0.15) is 5.10 Å². The van der Waals surface area contributed by atoms with Crippen molar-refractivity contribution in [3.05, 3.63) is 29.5 Å². The smallest absolute Gasteiger partial charge is 0.235 e. The first kappa shape index (κ1) is 12.5. The van der Waals surface area contributed by atoms with E-state index in [-0.39, 0.29) is 11.8 Å². The molecule has 102 valence electrons. The zero-order valence-corrected chi connectivity index (χ0v) is 10.9. The van der Waals surface area contributed by atoms with E-state index in [4.69, 9.17) is 0 Å². The molecule has 1 fully saturated rings. The lowest BCUT2D eigenvalue weighted by molar-refractivity contribution is -0.134. The highest BCUT2D eigenvalue weighted by molar-refractivity contribution is 6.02. The van der Waals surface area contributed by atoms with Crippen molar-refractivity contribution in [1.82, 2.24) is 15.1 Å². The number of rotatable bonds is 2. The van der Waals surface area contributed by atoms with Crippen LogP contribution in [0.4, 0.5) is 0 Å². The SMILES string of the molecule is Cn1nc(C2CCC(=O)NC2=O)c2cc(C=O)ccc21. The number of amides is 2. The van der Waals surface area contributed by atoms with E-state index in [0.717, 1.165) is 17.2 Å². The molecule has 1 aliphatic heterocycles. The van der Waals surface area contributed by atoms with E-state index in [1.807, 2.05) is 0 Å². The molecule has 20 heavy (non-hydrogen) atoms. The number of nitrogens with one attached hydrogen (secondary N) is 1. The molecule has 1 saturated heterocycles. The van der Waals surface area contributed by atoms with E-state index in [9.17, 15) is 14.4 Å². The maximum Gasteiger partial charge on any atom is 0.235 e. The summed E-state index contributed by atoms with van der Waals surface area (Å²) in [5.41, 5.74) is 2.02. The zero-order valence-electron chi connectivity index (χ0n) is 10.9. The molecule has 1 atom stereocenters. The molecule has 6 nitrogen and oxygen atoms in total. The van der Waals surface area contributed by atoms with Gasteiger partial charge in [0.1, 0.15) is 6.29 Å². The first-order valence-corrected chi connectivity index (χ1v) is 6.35. The number of hydrogen-bond donors (Lipinski definition) is 1. The van der Waals surface area contributed by atoms with Crippen LogP contribution in [0.15, 0.2) is 18.2 Å². The van der Waals surface area contributed by atoms with Crippen LogP contribution in [0.1, 0.15) is 34.8 Å². The Bertz CT molecular complexity index is 733. The second kappa shape index (κ2) is 4.56. The highest BCUT2D eigenvalue weighted by Crippen LogP contribution is 2.30. The molecule has 2 amide bonds. The quantitative estimate of drug-likeness (QED) is 0.650. The van der Waals surface area contributed by atoms with E-state index in [2.05, 4.69) is 10.4 Å². The maximum atomic E-state index is 12.0. The van der Waals surface area contributed by atoms with Crippen LogP contribution in [0.25, 0.3) is 10.9 Å². The molecule has 0 spiro atoms. The van der Waals surface area contributed by atoms with Gasteiger partial charge in [0.25, 0.3) is 0 Å². The fraction of sp³-hybridized carbons (Fsp3) is 0.286. The van der Waals surface area contributed by atoms with Crippen molar-refractivity contribution >= 4 is 29.0 Å². The lowest BCUT2D eigenvalue weighted by Gasteiger charge is -2.19. The number of carbonyl (C=O) groups excluding carboxylic acids is 3. The third-order valence-electron chi connectivity index (χ3n) is 3.61. The van der Waals surface area contributed by atoms with Gasteiger partial charge in [-0.1, -0.05) is 0 Å². The number of benzene rings is 1. The average Bonchev–Trinajstić information content (AvgIpc) is 2.75. The van der Waals surface area contributed by atoms with Crippen LogP contribution < -0.4 is 5.32 Å². The van der Waals surface area contributed by atoms with E-state index >= 15 is 0 Å². The van der Waals surface area contributed by atoms with Gasteiger partial charge in [-0.25, -0.2) is 0 Å². The minimum absolute atomic E-state index is 0.250. The number of aromatic nitrogens is 2. The van der Waals surface area contributed by atoms with E-state index in [1.165, 1.54) is 0 Å². The van der Waals surface area contributed by atoms with Crippen molar-refractivity contribution in [2.45, 2.75) is 18.8 Å². The molecule has 0 radical (unpaired) electrons. The van der Waals surface area contributed by atoms with Gasteiger partial charge in [-0.15, -0.1) is 0 Å². The number of hydrogen-bond acceptors (Lipinski definition) is 4. The normalized spacial score (nSPS) is 19.1. The van der Waals surface area contributed by atoms with Gasteiger partial charge in [0.15, 0.2) is 0 Å². The number of aldehydes is 1. The molecule has 2 aromatic rings. The van der Waals surface area contributed by atoms with Gasteiger partial charge < -0.3 is 0 Å². The van der Waals surface area contributed by atoms with Crippen LogP contribution in [0, 0.1) is 0 Å². The van der Waals surface area contributed by atoms with Gasteiger partial charge in [0.05, 0.1) is 17.1 Å². The largest absolute Gasteiger partial charge is 0.298 e. The first-order chi connectivity index (χ1) is 9.60. The van der Waals surface area contributed by atoms with Gasteiger partial charge in [0, 0.05) is 24.4 Å². The Morgan fingerprint density at radius 3 is 2.90 bits per heavy atom. The number of aryl methyl sites for hydroxylation is 1. The topological polar surface area (TPSA) is 81.1 Å². The van der Waals surface area contributed by atoms with Crippen LogP contribution in [0.3, 0.4) is 0 Å². The summed E-state index contributed by atoms with van der Waals surface area (Å²) in [6.07, 6.45) is 1.52. The van der Waals surface area contributed by atoms with E-state index < -0.39 is 5.92 Å². The van der Waals surface area contributed by atoms with Crippen LogP contribution in [0.2, 0.25) is 0 Å². The van der Waals surface area contributed by atoms with Gasteiger partial charge in [-0.3, -0.25) is 24.4 Å². The van der Waals surface area contributed by atoms with Gasteiger partial charge in [-0.05, 0) is 24.6 Å². The van der Waals surface area contributed by atoms with E-state index in [1.54, 1.807) is 29.9 Å². The number of imide groups is 1. The third kappa shape index (κ3) is 1.89. The molecule has 1 aromatic heterocycles. The summed E-state index contributed by atoms with van der Waals surface area (Å²) in [5.74, 6) is -1.02. The molecule has 3 rings (SSSR count). The predicted molar refractivity (Wildman–Crippen MR) is 71.2 cm³/mol. The highest BCUT2D eigenvalue weighted by atomic mass is 16.2. The molecular weight excluding hydrogens is 258 g/mol. The molecule has 1 unspecified atom stereocenters. The fourth-order valence-electron chi connectivity index (χ4n) is 2.60. The summed E-state index contributed by atoms with van der Waals surface area (Å²) in [6, 6.07) is 5.25. The Balaban J connectivity index is 2.13. The summed E-state index contributed by atoms with van der Waals surface area (Å²) >= 11 is 0. The Morgan fingerprint density at radius 1 is 1.40 bits per heavy atom. The Hall–Kier alpha value is -2.50. The molecule has 0 saturated carbocycles. The Morgan fingerprint density at radius 2 is 2.20 bits per heavy atom. The van der Waals surface area contributed by atoms with Crippen molar-refractivity contribution in [1.29, 1.82) is 0 Å². The monoisotopic (exact) mass is 271 g/mol. The number of nitrogens with zero attached hydrogens (tertiary/aromatic N) is 2. The lowest BCUT2D eigenvalue weighted by Crippen LogP contribution is -2.39. The molecule has 1 aliphatic rings. The molecule has 0 bridgehead atoms. The summed E-state index contributed by atoms with van der Waals surface area (Å²) in [7, 11) is 1.79. The van der Waals surface area contributed by atoms with Gasteiger partial charge in [0.2, 0.25) is 11.8 Å². The predicted octanol–water partition coefficient (Wildman–Crippen LogP) is 0.906. The minimum Gasteiger partial charge on any atom is -0.298 e. The van der Waals surface area contributed by atoms with Crippen molar-refractivity contribution < 1.29 is 14.4 Å².